The van der Waals surface area contributed by atoms with Gasteiger partial charge in [-0.25, -0.2) is 0 Å². The van der Waals surface area contributed by atoms with Crippen LogP contribution in [0.2, 0.25) is 0 Å². The van der Waals surface area contributed by atoms with Crippen LogP contribution in [0.5, 0.6) is 0 Å². The predicted octanol–water partition coefficient (Wildman–Crippen LogP) is 2.33. The maximum atomic E-state index is 11.2. The van der Waals surface area contributed by atoms with Crippen LogP contribution in [0.1, 0.15) is 32.3 Å². The van der Waals surface area contributed by atoms with Gasteiger partial charge in [-0.15, -0.1) is 0 Å². The minimum Gasteiger partial charge on any atom is -0.381 e. The molecule has 4 nitrogen and oxygen atoms in total. The maximum absolute atomic E-state index is 11.2. The molecule has 2 fully saturated rings. The number of benzene rings is 1. The summed E-state index contributed by atoms with van der Waals surface area (Å²) in [6.07, 6.45) is 2.98. The number of ether oxygens (including phenoxy) is 1. The first-order valence-electron chi connectivity index (χ1n) is 7.74. The fourth-order valence-electron chi connectivity index (χ4n) is 3.99. The van der Waals surface area contributed by atoms with E-state index < -0.39 is 0 Å². The summed E-state index contributed by atoms with van der Waals surface area (Å²) in [5.74, 6) is 0.270. The van der Waals surface area contributed by atoms with Crippen molar-refractivity contribution in [3.63, 3.8) is 0 Å². The molecule has 21 heavy (non-hydrogen) atoms. The van der Waals surface area contributed by atoms with Gasteiger partial charge in [0.1, 0.15) is 0 Å². The highest BCUT2D eigenvalue weighted by molar-refractivity contribution is 5.78. The summed E-state index contributed by atoms with van der Waals surface area (Å²) in [6, 6.07) is 8.32. The maximum Gasteiger partial charge on any atom is 0.221 e. The number of rotatable bonds is 4. The second-order valence-electron chi connectivity index (χ2n) is 6.84. The Morgan fingerprint density at radius 2 is 2.19 bits per heavy atom. The number of fused-ring (bicyclic) bond motifs is 1. The van der Waals surface area contributed by atoms with Crippen molar-refractivity contribution in [1.29, 1.82) is 0 Å². The molecule has 2 aliphatic rings. The third-order valence-electron chi connectivity index (χ3n) is 5.02. The van der Waals surface area contributed by atoms with E-state index in [1.54, 1.807) is 0 Å². The molecule has 1 saturated carbocycles. The molecule has 0 bridgehead atoms. The molecule has 0 spiro atoms. The average Bonchev–Trinajstić information content (AvgIpc) is 2.45. The van der Waals surface area contributed by atoms with Gasteiger partial charge in [0.05, 0.1) is 12.5 Å². The van der Waals surface area contributed by atoms with Crippen LogP contribution in [-0.2, 0) is 16.0 Å². The summed E-state index contributed by atoms with van der Waals surface area (Å²) in [5.41, 5.74) is 7.46. The van der Waals surface area contributed by atoms with Gasteiger partial charge in [-0.1, -0.05) is 32.0 Å². The van der Waals surface area contributed by atoms with Crippen molar-refractivity contribution < 1.29 is 9.53 Å². The molecular formula is C17H24N2O2. The third kappa shape index (κ3) is 2.53. The van der Waals surface area contributed by atoms with Crippen molar-refractivity contribution in [3.8, 4) is 0 Å². The summed E-state index contributed by atoms with van der Waals surface area (Å²) in [4.78, 5) is 11.2. The number of carbonyl (C=O) groups is 1. The van der Waals surface area contributed by atoms with Crippen molar-refractivity contribution in [2.24, 2.45) is 17.1 Å². The molecule has 1 heterocycles. The first kappa shape index (κ1) is 14.4. The molecule has 1 aliphatic carbocycles. The highest BCUT2D eigenvalue weighted by atomic mass is 16.5. The number of nitrogens with one attached hydrogen (secondary N) is 1. The molecule has 1 aromatic carbocycles. The molecule has 0 radical (unpaired) electrons. The lowest BCUT2D eigenvalue weighted by Gasteiger charge is -2.60. The van der Waals surface area contributed by atoms with Crippen LogP contribution in [-0.4, -0.2) is 24.7 Å². The standard InChI is InChI=1S/C17H24N2O2/c1-17(2)15(12-7-5-9-21-16(12)17)19-13-8-4-3-6-11(13)10-14(18)20/h3-4,6,8,12,15-16,19H,5,7,9-10H2,1-2H3,(H2,18,20). The minimum absolute atomic E-state index is 0.116. The number of carbonyl (C=O) groups excluding carboxylic acids is 1. The van der Waals surface area contributed by atoms with E-state index in [-0.39, 0.29) is 17.7 Å². The normalized spacial score (nSPS) is 30.1. The lowest BCUT2D eigenvalue weighted by Crippen LogP contribution is -2.67. The lowest BCUT2D eigenvalue weighted by molar-refractivity contribution is -0.177. The summed E-state index contributed by atoms with van der Waals surface area (Å²) in [6.45, 7) is 5.40. The Hall–Kier alpha value is -1.55. The quantitative estimate of drug-likeness (QED) is 0.893. The highest BCUT2D eigenvalue weighted by Crippen LogP contribution is 2.52. The molecule has 1 amide bonds. The highest BCUT2D eigenvalue weighted by Gasteiger charge is 2.57. The number of anilines is 1. The van der Waals surface area contributed by atoms with Crippen LogP contribution in [0.3, 0.4) is 0 Å². The van der Waals surface area contributed by atoms with Gasteiger partial charge in [0.25, 0.3) is 0 Å². The molecule has 1 saturated heterocycles. The van der Waals surface area contributed by atoms with E-state index >= 15 is 0 Å². The first-order chi connectivity index (χ1) is 10.00. The topological polar surface area (TPSA) is 64.3 Å². The molecule has 0 aromatic heterocycles. The van der Waals surface area contributed by atoms with Gasteiger partial charge >= 0.3 is 0 Å². The molecule has 3 N–H and O–H groups in total. The second-order valence-corrected chi connectivity index (χ2v) is 6.84. The molecule has 3 atom stereocenters. The van der Waals surface area contributed by atoms with E-state index in [9.17, 15) is 4.79 Å². The van der Waals surface area contributed by atoms with E-state index in [1.165, 1.54) is 6.42 Å². The van der Waals surface area contributed by atoms with Gasteiger partial charge in [-0.2, -0.15) is 0 Å². The van der Waals surface area contributed by atoms with E-state index in [0.29, 0.717) is 18.1 Å². The largest absolute Gasteiger partial charge is 0.381 e. The summed E-state index contributed by atoms with van der Waals surface area (Å²) in [7, 11) is 0. The Labute approximate surface area is 126 Å². The summed E-state index contributed by atoms with van der Waals surface area (Å²) < 4.78 is 5.94. The number of para-hydroxylation sites is 1. The van der Waals surface area contributed by atoms with Gasteiger partial charge < -0.3 is 15.8 Å². The number of amides is 1. The zero-order chi connectivity index (χ0) is 15.0. The third-order valence-corrected chi connectivity index (χ3v) is 5.02. The van der Waals surface area contributed by atoms with Crippen LogP contribution in [0.25, 0.3) is 0 Å². The SMILES string of the molecule is CC1(C)C(Nc2ccccc2CC(N)=O)C2CCCOC21. The predicted molar refractivity (Wildman–Crippen MR) is 83.0 cm³/mol. The number of hydrogen-bond acceptors (Lipinski definition) is 3. The fourth-order valence-corrected chi connectivity index (χ4v) is 3.99. The minimum atomic E-state index is -0.295. The van der Waals surface area contributed by atoms with Crippen molar-refractivity contribution in [1.82, 2.24) is 0 Å². The molecule has 3 rings (SSSR count). The van der Waals surface area contributed by atoms with Crippen LogP contribution in [0.4, 0.5) is 5.69 Å². The molecule has 1 aromatic rings. The molecule has 114 valence electrons. The van der Waals surface area contributed by atoms with Gasteiger partial charge in [0, 0.05) is 29.7 Å². The van der Waals surface area contributed by atoms with Gasteiger partial charge in [0.15, 0.2) is 0 Å². The van der Waals surface area contributed by atoms with E-state index in [4.69, 9.17) is 10.5 Å². The zero-order valence-electron chi connectivity index (χ0n) is 12.8. The Morgan fingerprint density at radius 1 is 1.43 bits per heavy atom. The van der Waals surface area contributed by atoms with Crippen molar-refractivity contribution in [2.75, 3.05) is 11.9 Å². The molecular weight excluding hydrogens is 264 g/mol. The summed E-state index contributed by atoms with van der Waals surface area (Å²) >= 11 is 0. The number of hydrogen-bond donors (Lipinski definition) is 2. The van der Waals surface area contributed by atoms with E-state index in [0.717, 1.165) is 24.3 Å². The second kappa shape index (κ2) is 5.34. The van der Waals surface area contributed by atoms with Crippen molar-refractivity contribution in [2.45, 2.75) is 45.3 Å². The van der Waals surface area contributed by atoms with Gasteiger partial charge in [0.2, 0.25) is 5.91 Å². The van der Waals surface area contributed by atoms with E-state index in [1.807, 2.05) is 24.3 Å². The molecule has 3 unspecified atom stereocenters. The monoisotopic (exact) mass is 288 g/mol. The fraction of sp³-hybridized carbons (Fsp3) is 0.588. The van der Waals surface area contributed by atoms with Crippen LogP contribution in [0, 0.1) is 11.3 Å². The van der Waals surface area contributed by atoms with Crippen molar-refractivity contribution in [3.05, 3.63) is 29.8 Å². The lowest BCUT2D eigenvalue weighted by atomic mass is 9.55. The van der Waals surface area contributed by atoms with Crippen molar-refractivity contribution >= 4 is 11.6 Å². The van der Waals surface area contributed by atoms with Gasteiger partial charge in [-0.3, -0.25) is 4.79 Å². The zero-order valence-corrected chi connectivity index (χ0v) is 12.8. The Kier molecular flexibility index (Phi) is 3.66. The van der Waals surface area contributed by atoms with Crippen LogP contribution in [0.15, 0.2) is 24.3 Å². The number of primary amides is 1. The Balaban J connectivity index is 1.79. The first-order valence-corrected chi connectivity index (χ1v) is 7.74. The van der Waals surface area contributed by atoms with Crippen LogP contribution < -0.4 is 11.1 Å². The Morgan fingerprint density at radius 3 is 2.95 bits per heavy atom. The number of nitrogens with two attached hydrogens (primary N) is 1. The average molecular weight is 288 g/mol. The smallest absolute Gasteiger partial charge is 0.221 e. The van der Waals surface area contributed by atoms with E-state index in [2.05, 4.69) is 19.2 Å². The molecule has 4 heteroatoms. The van der Waals surface area contributed by atoms with Gasteiger partial charge in [-0.05, 0) is 24.5 Å². The Bertz CT molecular complexity index is 541. The summed E-state index contributed by atoms with van der Waals surface area (Å²) in [5, 5.41) is 3.65. The molecule has 1 aliphatic heterocycles. The van der Waals surface area contributed by atoms with Crippen LogP contribution >= 0.6 is 0 Å².